The standard InChI is InChI=1S/C18H22FN/c1-3-4-10-18(15-8-6-5-7-9-15)20-17-12-11-16(19)13-14(17)2/h5-9,11-13,18,20H,3-4,10H2,1-2H3. The molecule has 0 heterocycles. The Balaban J connectivity index is 2.19. The number of aryl methyl sites for hydroxylation is 1. The third-order valence-corrected chi connectivity index (χ3v) is 3.57. The van der Waals surface area contributed by atoms with Gasteiger partial charge in [-0.3, -0.25) is 0 Å². The summed E-state index contributed by atoms with van der Waals surface area (Å²) in [6, 6.07) is 15.6. The minimum Gasteiger partial charge on any atom is -0.378 e. The zero-order valence-electron chi connectivity index (χ0n) is 12.2. The fourth-order valence-electron chi connectivity index (χ4n) is 2.39. The second-order valence-corrected chi connectivity index (χ2v) is 5.21. The molecule has 2 heteroatoms. The van der Waals surface area contributed by atoms with E-state index in [1.165, 1.54) is 24.5 Å². The number of benzene rings is 2. The molecule has 0 aliphatic heterocycles. The van der Waals surface area contributed by atoms with E-state index in [4.69, 9.17) is 0 Å². The summed E-state index contributed by atoms with van der Waals surface area (Å²) in [6.45, 7) is 4.14. The van der Waals surface area contributed by atoms with Gasteiger partial charge >= 0.3 is 0 Å². The lowest BCUT2D eigenvalue weighted by atomic mass is 10.0. The van der Waals surface area contributed by atoms with Crippen molar-refractivity contribution in [3.8, 4) is 0 Å². The van der Waals surface area contributed by atoms with Gasteiger partial charge in [-0.2, -0.15) is 0 Å². The van der Waals surface area contributed by atoms with Gasteiger partial charge in [-0.15, -0.1) is 0 Å². The van der Waals surface area contributed by atoms with Gasteiger partial charge in [0, 0.05) is 5.69 Å². The van der Waals surface area contributed by atoms with Gasteiger partial charge in [0.15, 0.2) is 0 Å². The Morgan fingerprint density at radius 2 is 1.85 bits per heavy atom. The largest absolute Gasteiger partial charge is 0.378 e. The molecule has 0 saturated heterocycles. The summed E-state index contributed by atoms with van der Waals surface area (Å²) in [5.74, 6) is -0.183. The highest BCUT2D eigenvalue weighted by molar-refractivity contribution is 5.52. The number of halogens is 1. The fourth-order valence-corrected chi connectivity index (χ4v) is 2.39. The molecular weight excluding hydrogens is 249 g/mol. The van der Waals surface area contributed by atoms with Gasteiger partial charge in [-0.25, -0.2) is 4.39 Å². The minimum absolute atomic E-state index is 0.183. The first-order valence-corrected chi connectivity index (χ1v) is 7.28. The molecule has 1 unspecified atom stereocenters. The molecule has 1 N–H and O–H groups in total. The van der Waals surface area contributed by atoms with Crippen molar-refractivity contribution in [3.05, 3.63) is 65.5 Å². The summed E-state index contributed by atoms with van der Waals surface area (Å²) >= 11 is 0. The minimum atomic E-state index is -0.183. The smallest absolute Gasteiger partial charge is 0.123 e. The number of anilines is 1. The van der Waals surface area contributed by atoms with E-state index in [1.807, 2.05) is 19.1 Å². The molecular formula is C18H22FN. The third-order valence-electron chi connectivity index (χ3n) is 3.57. The molecule has 0 saturated carbocycles. The average molecular weight is 271 g/mol. The van der Waals surface area contributed by atoms with Crippen LogP contribution in [0.5, 0.6) is 0 Å². The van der Waals surface area contributed by atoms with Crippen LogP contribution in [0.3, 0.4) is 0 Å². The molecule has 0 aliphatic rings. The number of hydrogen-bond acceptors (Lipinski definition) is 1. The van der Waals surface area contributed by atoms with E-state index >= 15 is 0 Å². The molecule has 0 spiro atoms. The SMILES string of the molecule is CCCCC(Nc1ccc(F)cc1C)c1ccccc1. The van der Waals surface area contributed by atoms with Gasteiger partial charge < -0.3 is 5.32 Å². The molecule has 0 aliphatic carbocycles. The Kier molecular flexibility index (Phi) is 5.16. The number of hydrogen-bond donors (Lipinski definition) is 1. The second-order valence-electron chi connectivity index (χ2n) is 5.21. The van der Waals surface area contributed by atoms with Gasteiger partial charge in [0.1, 0.15) is 5.82 Å². The second kappa shape index (κ2) is 7.09. The van der Waals surface area contributed by atoms with E-state index < -0.39 is 0 Å². The van der Waals surface area contributed by atoms with Crippen molar-refractivity contribution < 1.29 is 4.39 Å². The maximum absolute atomic E-state index is 13.2. The van der Waals surface area contributed by atoms with Crippen LogP contribution < -0.4 is 5.32 Å². The molecule has 2 aromatic rings. The predicted molar refractivity (Wildman–Crippen MR) is 83.5 cm³/mol. The molecule has 106 valence electrons. The molecule has 1 nitrogen and oxygen atoms in total. The van der Waals surface area contributed by atoms with Crippen LogP contribution in [0.25, 0.3) is 0 Å². The van der Waals surface area contributed by atoms with Crippen molar-refractivity contribution >= 4 is 5.69 Å². The lowest BCUT2D eigenvalue weighted by molar-refractivity contribution is 0.623. The van der Waals surface area contributed by atoms with Crippen molar-refractivity contribution in [2.45, 2.75) is 39.2 Å². The first-order valence-electron chi connectivity index (χ1n) is 7.28. The summed E-state index contributed by atoms with van der Waals surface area (Å²) in [7, 11) is 0. The first-order chi connectivity index (χ1) is 9.70. The van der Waals surface area contributed by atoms with Crippen LogP contribution in [0.2, 0.25) is 0 Å². The Morgan fingerprint density at radius 1 is 1.10 bits per heavy atom. The summed E-state index contributed by atoms with van der Waals surface area (Å²) in [6.07, 6.45) is 3.43. The first kappa shape index (κ1) is 14.6. The molecule has 0 bridgehead atoms. The average Bonchev–Trinajstić information content (AvgIpc) is 2.46. The van der Waals surface area contributed by atoms with Crippen molar-refractivity contribution in [1.29, 1.82) is 0 Å². The van der Waals surface area contributed by atoms with E-state index in [0.29, 0.717) is 0 Å². The molecule has 0 fully saturated rings. The maximum atomic E-state index is 13.2. The van der Waals surface area contributed by atoms with Gasteiger partial charge in [-0.05, 0) is 42.7 Å². The monoisotopic (exact) mass is 271 g/mol. The molecule has 0 amide bonds. The van der Waals surface area contributed by atoms with Gasteiger partial charge in [0.25, 0.3) is 0 Å². The molecule has 1 atom stereocenters. The topological polar surface area (TPSA) is 12.0 Å². The van der Waals surface area contributed by atoms with Crippen molar-refractivity contribution in [2.75, 3.05) is 5.32 Å². The van der Waals surface area contributed by atoms with Crippen LogP contribution in [0, 0.1) is 12.7 Å². The summed E-state index contributed by atoms with van der Waals surface area (Å²) in [4.78, 5) is 0. The van der Waals surface area contributed by atoms with E-state index in [9.17, 15) is 4.39 Å². The van der Waals surface area contributed by atoms with E-state index in [1.54, 1.807) is 6.07 Å². The molecule has 2 aromatic carbocycles. The molecule has 0 aromatic heterocycles. The van der Waals surface area contributed by atoms with Crippen LogP contribution in [0.15, 0.2) is 48.5 Å². The normalized spacial score (nSPS) is 12.2. The van der Waals surface area contributed by atoms with Crippen LogP contribution >= 0.6 is 0 Å². The van der Waals surface area contributed by atoms with E-state index in [-0.39, 0.29) is 11.9 Å². The van der Waals surface area contributed by atoms with Gasteiger partial charge in [0.05, 0.1) is 6.04 Å². The molecule has 0 radical (unpaired) electrons. The Bertz CT molecular complexity index is 536. The third kappa shape index (κ3) is 3.83. The summed E-state index contributed by atoms with van der Waals surface area (Å²) in [5, 5.41) is 3.56. The Hall–Kier alpha value is -1.83. The van der Waals surface area contributed by atoms with Crippen molar-refractivity contribution in [1.82, 2.24) is 0 Å². The molecule has 20 heavy (non-hydrogen) atoms. The lowest BCUT2D eigenvalue weighted by Gasteiger charge is -2.21. The highest BCUT2D eigenvalue weighted by Gasteiger charge is 2.11. The quantitative estimate of drug-likeness (QED) is 0.733. The maximum Gasteiger partial charge on any atom is 0.123 e. The zero-order chi connectivity index (χ0) is 14.4. The predicted octanol–water partition coefficient (Wildman–Crippen LogP) is 5.48. The van der Waals surface area contributed by atoms with E-state index in [0.717, 1.165) is 17.7 Å². The highest BCUT2D eigenvalue weighted by Crippen LogP contribution is 2.26. The Labute approximate surface area is 120 Å². The van der Waals surface area contributed by atoms with Crippen molar-refractivity contribution in [2.24, 2.45) is 0 Å². The number of rotatable bonds is 6. The highest BCUT2D eigenvalue weighted by atomic mass is 19.1. The number of unbranched alkanes of at least 4 members (excludes halogenated alkanes) is 1. The fraction of sp³-hybridized carbons (Fsp3) is 0.333. The van der Waals surface area contributed by atoms with Crippen LogP contribution in [0.1, 0.15) is 43.4 Å². The summed E-state index contributed by atoms with van der Waals surface area (Å²) in [5.41, 5.74) is 3.24. The lowest BCUT2D eigenvalue weighted by Crippen LogP contribution is -2.11. The van der Waals surface area contributed by atoms with Gasteiger partial charge in [0.2, 0.25) is 0 Å². The zero-order valence-corrected chi connectivity index (χ0v) is 12.2. The van der Waals surface area contributed by atoms with Crippen LogP contribution in [-0.4, -0.2) is 0 Å². The molecule has 2 rings (SSSR count). The Morgan fingerprint density at radius 3 is 2.50 bits per heavy atom. The van der Waals surface area contributed by atoms with Crippen molar-refractivity contribution in [3.63, 3.8) is 0 Å². The summed E-state index contributed by atoms with van der Waals surface area (Å²) < 4.78 is 13.2. The number of nitrogens with one attached hydrogen (secondary N) is 1. The van der Waals surface area contributed by atoms with Crippen LogP contribution in [-0.2, 0) is 0 Å². The van der Waals surface area contributed by atoms with Gasteiger partial charge in [-0.1, -0.05) is 50.1 Å². The van der Waals surface area contributed by atoms with E-state index in [2.05, 4.69) is 36.5 Å². The van der Waals surface area contributed by atoms with Crippen LogP contribution in [0.4, 0.5) is 10.1 Å².